The van der Waals surface area contributed by atoms with Crippen molar-refractivity contribution in [1.29, 1.82) is 0 Å². The van der Waals surface area contributed by atoms with Gasteiger partial charge in [-0.2, -0.15) is 0 Å². The zero-order chi connectivity index (χ0) is 15.1. The summed E-state index contributed by atoms with van der Waals surface area (Å²) in [6.45, 7) is 6.71. The topological polar surface area (TPSA) is 59.0 Å². The predicted octanol–water partition coefficient (Wildman–Crippen LogP) is 1.82. The summed E-state index contributed by atoms with van der Waals surface area (Å²) >= 11 is 0. The maximum absolute atomic E-state index is 12.1. The van der Waals surface area contributed by atoms with Crippen molar-refractivity contribution in [1.82, 2.24) is 4.90 Å². The number of rotatable bonds is 7. The van der Waals surface area contributed by atoms with Crippen LogP contribution in [-0.4, -0.2) is 42.2 Å². The highest BCUT2D eigenvalue weighted by molar-refractivity contribution is 5.80. The standard InChI is InChI=1S/C15H23NO4/c1-5-16(6-2)15(18)11(3)20-14-8-7-13(19-4)9-12(14)10-17/h7-9,11,17H,5-6,10H2,1-4H3. The minimum atomic E-state index is -0.589. The monoisotopic (exact) mass is 281 g/mol. The lowest BCUT2D eigenvalue weighted by Gasteiger charge is -2.24. The van der Waals surface area contributed by atoms with Crippen LogP contribution in [0.25, 0.3) is 0 Å². The van der Waals surface area contributed by atoms with Gasteiger partial charge < -0.3 is 19.5 Å². The zero-order valence-corrected chi connectivity index (χ0v) is 12.5. The second-order valence-electron chi connectivity index (χ2n) is 4.40. The molecule has 20 heavy (non-hydrogen) atoms. The number of likely N-dealkylation sites (N-methyl/N-ethyl adjacent to an activating group) is 1. The molecule has 0 aliphatic carbocycles. The molecule has 0 saturated heterocycles. The Morgan fingerprint density at radius 3 is 2.50 bits per heavy atom. The summed E-state index contributed by atoms with van der Waals surface area (Å²) in [5.41, 5.74) is 0.601. The first-order valence-electron chi connectivity index (χ1n) is 6.80. The van der Waals surface area contributed by atoms with Crippen LogP contribution in [0.3, 0.4) is 0 Å². The third-order valence-electron chi connectivity index (χ3n) is 3.16. The molecular weight excluding hydrogens is 258 g/mol. The van der Waals surface area contributed by atoms with Gasteiger partial charge in [0.2, 0.25) is 0 Å². The van der Waals surface area contributed by atoms with Gasteiger partial charge >= 0.3 is 0 Å². The Kier molecular flexibility index (Phi) is 6.31. The number of benzene rings is 1. The van der Waals surface area contributed by atoms with E-state index in [1.807, 2.05) is 13.8 Å². The molecule has 0 aliphatic heterocycles. The van der Waals surface area contributed by atoms with Crippen LogP contribution >= 0.6 is 0 Å². The summed E-state index contributed by atoms with van der Waals surface area (Å²) in [5, 5.41) is 9.36. The Balaban J connectivity index is 2.84. The molecule has 0 heterocycles. The minimum absolute atomic E-state index is 0.0605. The fraction of sp³-hybridized carbons (Fsp3) is 0.533. The molecule has 1 aromatic carbocycles. The highest BCUT2D eigenvalue weighted by Crippen LogP contribution is 2.25. The quantitative estimate of drug-likeness (QED) is 0.828. The van der Waals surface area contributed by atoms with Crippen LogP contribution < -0.4 is 9.47 Å². The Morgan fingerprint density at radius 2 is 2.00 bits per heavy atom. The zero-order valence-electron chi connectivity index (χ0n) is 12.5. The van der Waals surface area contributed by atoms with Gasteiger partial charge in [-0.15, -0.1) is 0 Å². The van der Waals surface area contributed by atoms with Gasteiger partial charge in [0.1, 0.15) is 11.5 Å². The Morgan fingerprint density at radius 1 is 1.35 bits per heavy atom. The third kappa shape index (κ3) is 3.87. The minimum Gasteiger partial charge on any atom is -0.497 e. The number of carbonyl (C=O) groups excluding carboxylic acids is 1. The first kappa shape index (κ1) is 16.3. The summed E-state index contributed by atoms with van der Waals surface area (Å²) in [6.07, 6.45) is -0.589. The molecule has 0 fully saturated rings. The van der Waals surface area contributed by atoms with Crippen molar-refractivity contribution in [3.63, 3.8) is 0 Å². The van der Waals surface area contributed by atoms with Crippen molar-refractivity contribution in [3.8, 4) is 11.5 Å². The van der Waals surface area contributed by atoms with Crippen LogP contribution in [0.15, 0.2) is 18.2 Å². The van der Waals surface area contributed by atoms with Crippen LogP contribution in [0.2, 0.25) is 0 Å². The second-order valence-corrected chi connectivity index (χ2v) is 4.40. The van der Waals surface area contributed by atoms with Crippen molar-refractivity contribution in [2.45, 2.75) is 33.5 Å². The average molecular weight is 281 g/mol. The van der Waals surface area contributed by atoms with Gasteiger partial charge in [0.05, 0.1) is 13.7 Å². The molecule has 0 radical (unpaired) electrons. The lowest BCUT2D eigenvalue weighted by atomic mass is 10.2. The molecule has 1 aromatic rings. The van der Waals surface area contributed by atoms with Crippen molar-refractivity contribution in [2.24, 2.45) is 0 Å². The molecule has 5 heteroatoms. The van der Waals surface area contributed by atoms with E-state index < -0.39 is 6.10 Å². The number of hydrogen-bond acceptors (Lipinski definition) is 4. The van der Waals surface area contributed by atoms with Gasteiger partial charge in [-0.25, -0.2) is 0 Å². The second kappa shape index (κ2) is 7.75. The molecule has 1 atom stereocenters. The summed E-state index contributed by atoms with van der Waals surface area (Å²) in [7, 11) is 1.56. The van der Waals surface area contributed by atoms with Gasteiger partial charge in [0.25, 0.3) is 5.91 Å². The van der Waals surface area contributed by atoms with Gasteiger partial charge in [-0.3, -0.25) is 4.79 Å². The molecule has 1 amide bonds. The summed E-state index contributed by atoms with van der Waals surface area (Å²) in [4.78, 5) is 13.9. The van der Waals surface area contributed by atoms with E-state index in [0.29, 0.717) is 30.2 Å². The predicted molar refractivity (Wildman–Crippen MR) is 76.9 cm³/mol. The van der Waals surface area contributed by atoms with Crippen LogP contribution in [0.1, 0.15) is 26.3 Å². The Hall–Kier alpha value is -1.75. The molecule has 0 aromatic heterocycles. The molecule has 112 valence electrons. The largest absolute Gasteiger partial charge is 0.497 e. The lowest BCUT2D eigenvalue weighted by molar-refractivity contribution is -0.137. The summed E-state index contributed by atoms with van der Waals surface area (Å²) in [6, 6.07) is 5.14. The molecule has 0 aliphatic rings. The third-order valence-corrected chi connectivity index (χ3v) is 3.16. The fourth-order valence-electron chi connectivity index (χ4n) is 1.95. The lowest BCUT2D eigenvalue weighted by Crippen LogP contribution is -2.40. The summed E-state index contributed by atoms with van der Waals surface area (Å²) in [5.74, 6) is 1.08. The van der Waals surface area contributed by atoms with Crippen LogP contribution in [0, 0.1) is 0 Å². The SMILES string of the molecule is CCN(CC)C(=O)C(C)Oc1ccc(OC)cc1CO. The van der Waals surface area contributed by atoms with Crippen LogP contribution in [-0.2, 0) is 11.4 Å². The van der Waals surface area contributed by atoms with Crippen molar-refractivity contribution in [3.05, 3.63) is 23.8 Å². The van der Waals surface area contributed by atoms with Crippen molar-refractivity contribution < 1.29 is 19.4 Å². The van der Waals surface area contributed by atoms with E-state index in [4.69, 9.17) is 9.47 Å². The van der Waals surface area contributed by atoms with E-state index in [1.54, 1.807) is 37.1 Å². The summed E-state index contributed by atoms with van der Waals surface area (Å²) < 4.78 is 10.8. The Bertz CT molecular complexity index is 443. The van der Waals surface area contributed by atoms with Crippen LogP contribution in [0.5, 0.6) is 11.5 Å². The Labute approximate surface area is 120 Å². The first-order chi connectivity index (χ1) is 9.57. The van der Waals surface area contributed by atoms with E-state index in [2.05, 4.69) is 0 Å². The smallest absolute Gasteiger partial charge is 0.263 e. The van der Waals surface area contributed by atoms with E-state index in [0.717, 1.165) is 0 Å². The number of methoxy groups -OCH3 is 1. The first-order valence-corrected chi connectivity index (χ1v) is 6.80. The number of hydrogen-bond donors (Lipinski definition) is 1. The van der Waals surface area contributed by atoms with Gasteiger partial charge in [0, 0.05) is 18.7 Å². The molecule has 0 saturated carbocycles. The van der Waals surface area contributed by atoms with E-state index in [-0.39, 0.29) is 12.5 Å². The van der Waals surface area contributed by atoms with Gasteiger partial charge in [-0.05, 0) is 39.0 Å². The number of aliphatic hydroxyl groups excluding tert-OH is 1. The highest BCUT2D eigenvalue weighted by Gasteiger charge is 2.20. The van der Waals surface area contributed by atoms with E-state index >= 15 is 0 Å². The molecule has 0 spiro atoms. The molecule has 5 nitrogen and oxygen atoms in total. The van der Waals surface area contributed by atoms with Gasteiger partial charge in [-0.1, -0.05) is 0 Å². The molecule has 1 rings (SSSR count). The maximum Gasteiger partial charge on any atom is 0.263 e. The van der Waals surface area contributed by atoms with Crippen molar-refractivity contribution >= 4 is 5.91 Å². The number of nitrogens with zero attached hydrogens (tertiary/aromatic N) is 1. The van der Waals surface area contributed by atoms with E-state index in [1.165, 1.54) is 0 Å². The molecular formula is C15H23NO4. The average Bonchev–Trinajstić information content (AvgIpc) is 2.48. The highest BCUT2D eigenvalue weighted by atomic mass is 16.5. The van der Waals surface area contributed by atoms with E-state index in [9.17, 15) is 9.90 Å². The fourth-order valence-corrected chi connectivity index (χ4v) is 1.95. The number of ether oxygens (including phenoxy) is 2. The number of aliphatic hydroxyl groups is 1. The van der Waals surface area contributed by atoms with Gasteiger partial charge in [0.15, 0.2) is 6.10 Å². The maximum atomic E-state index is 12.1. The number of amides is 1. The molecule has 0 bridgehead atoms. The molecule has 1 unspecified atom stereocenters. The van der Waals surface area contributed by atoms with Crippen molar-refractivity contribution in [2.75, 3.05) is 20.2 Å². The molecule has 1 N–H and O–H groups in total. The number of carbonyl (C=O) groups is 1. The van der Waals surface area contributed by atoms with Crippen LogP contribution in [0.4, 0.5) is 0 Å². The normalized spacial score (nSPS) is 11.8.